The lowest BCUT2D eigenvalue weighted by molar-refractivity contribution is -0.301. The average molecular weight is 391 g/mol. The van der Waals surface area contributed by atoms with Gasteiger partial charge in [-0.3, -0.25) is 0 Å². The van der Waals surface area contributed by atoms with E-state index in [9.17, 15) is 15.3 Å². The molecule has 1 aromatic carbocycles. The van der Waals surface area contributed by atoms with Crippen molar-refractivity contribution in [1.82, 2.24) is 0 Å². The summed E-state index contributed by atoms with van der Waals surface area (Å²) in [5, 5.41) is 38.3. The molecule has 1 fully saturated rings. The van der Waals surface area contributed by atoms with Crippen LogP contribution in [0.3, 0.4) is 0 Å². The SMILES string of the molecule is OC[C@H]1O[C@@H](OCCCCc2ccc(Br)cc2)[C@H](O)[C@@H](O)[C@@H]1O. The Hall–Kier alpha value is -0.540. The lowest BCUT2D eigenvalue weighted by Crippen LogP contribution is -2.59. The van der Waals surface area contributed by atoms with E-state index in [0.29, 0.717) is 6.61 Å². The van der Waals surface area contributed by atoms with E-state index in [4.69, 9.17) is 14.6 Å². The smallest absolute Gasteiger partial charge is 0.186 e. The summed E-state index contributed by atoms with van der Waals surface area (Å²) < 4.78 is 11.8. The number of hydrogen-bond donors (Lipinski definition) is 4. The summed E-state index contributed by atoms with van der Waals surface area (Å²) in [5.41, 5.74) is 1.24. The second-order valence-corrected chi connectivity index (χ2v) is 6.57. The zero-order valence-corrected chi connectivity index (χ0v) is 14.3. The first kappa shape index (κ1) is 18.8. The van der Waals surface area contributed by atoms with Crippen molar-refractivity contribution in [3.05, 3.63) is 34.3 Å². The molecule has 0 amide bonds. The zero-order valence-electron chi connectivity index (χ0n) is 12.7. The van der Waals surface area contributed by atoms with Crippen LogP contribution in [0.5, 0.6) is 0 Å². The van der Waals surface area contributed by atoms with Gasteiger partial charge in [0.25, 0.3) is 0 Å². The maximum absolute atomic E-state index is 9.84. The monoisotopic (exact) mass is 390 g/mol. The van der Waals surface area contributed by atoms with E-state index in [-0.39, 0.29) is 0 Å². The van der Waals surface area contributed by atoms with Gasteiger partial charge < -0.3 is 29.9 Å². The van der Waals surface area contributed by atoms with Crippen LogP contribution in [-0.2, 0) is 15.9 Å². The summed E-state index contributed by atoms with van der Waals surface area (Å²) in [6.07, 6.45) is -3.45. The Balaban J connectivity index is 1.70. The summed E-state index contributed by atoms with van der Waals surface area (Å²) in [5.74, 6) is 0. The van der Waals surface area contributed by atoms with Crippen molar-refractivity contribution in [2.24, 2.45) is 0 Å². The van der Waals surface area contributed by atoms with Gasteiger partial charge in [0.1, 0.15) is 24.4 Å². The maximum atomic E-state index is 9.84. The van der Waals surface area contributed by atoms with Crippen LogP contribution in [0.2, 0.25) is 0 Å². The van der Waals surface area contributed by atoms with Gasteiger partial charge in [-0.05, 0) is 37.0 Å². The van der Waals surface area contributed by atoms with E-state index in [2.05, 4.69) is 28.1 Å². The summed E-state index contributed by atoms with van der Waals surface area (Å²) in [6.45, 7) is -0.0897. The lowest BCUT2D eigenvalue weighted by atomic mass is 9.99. The largest absolute Gasteiger partial charge is 0.394 e. The molecule has 1 saturated heterocycles. The second kappa shape index (κ2) is 9.08. The minimum Gasteiger partial charge on any atom is -0.394 e. The molecule has 0 spiro atoms. The van der Waals surface area contributed by atoms with Gasteiger partial charge in [0.05, 0.1) is 6.61 Å². The molecule has 1 aliphatic heterocycles. The highest BCUT2D eigenvalue weighted by atomic mass is 79.9. The fraction of sp³-hybridized carbons (Fsp3) is 0.625. The van der Waals surface area contributed by atoms with Gasteiger partial charge in [0.15, 0.2) is 6.29 Å². The Morgan fingerprint density at radius 2 is 1.70 bits per heavy atom. The van der Waals surface area contributed by atoms with Crippen molar-refractivity contribution in [3.63, 3.8) is 0 Å². The van der Waals surface area contributed by atoms with E-state index in [0.717, 1.165) is 23.7 Å². The third-order valence-corrected chi connectivity index (χ3v) is 4.43. The normalized spacial score (nSPS) is 31.3. The van der Waals surface area contributed by atoms with E-state index in [1.807, 2.05) is 12.1 Å². The number of aliphatic hydroxyl groups excluding tert-OH is 4. The molecule has 130 valence electrons. The van der Waals surface area contributed by atoms with Gasteiger partial charge in [0.2, 0.25) is 0 Å². The number of aliphatic hydroxyl groups is 4. The number of benzene rings is 1. The molecule has 0 aromatic heterocycles. The van der Waals surface area contributed by atoms with Crippen LogP contribution in [0, 0.1) is 0 Å². The molecule has 0 unspecified atom stereocenters. The number of ether oxygens (including phenoxy) is 2. The van der Waals surface area contributed by atoms with Crippen LogP contribution in [0.25, 0.3) is 0 Å². The van der Waals surface area contributed by atoms with E-state index in [1.165, 1.54) is 5.56 Å². The van der Waals surface area contributed by atoms with Gasteiger partial charge in [-0.1, -0.05) is 28.1 Å². The molecule has 0 aliphatic carbocycles. The highest BCUT2D eigenvalue weighted by Gasteiger charge is 2.43. The third kappa shape index (κ3) is 5.22. The molecule has 23 heavy (non-hydrogen) atoms. The first-order valence-electron chi connectivity index (χ1n) is 7.69. The van der Waals surface area contributed by atoms with Crippen LogP contribution >= 0.6 is 15.9 Å². The van der Waals surface area contributed by atoms with Crippen LogP contribution in [0.4, 0.5) is 0 Å². The molecule has 6 nitrogen and oxygen atoms in total. The Morgan fingerprint density at radius 1 is 1.00 bits per heavy atom. The number of hydrogen-bond acceptors (Lipinski definition) is 6. The van der Waals surface area contributed by atoms with Gasteiger partial charge >= 0.3 is 0 Å². The van der Waals surface area contributed by atoms with Gasteiger partial charge in [-0.2, -0.15) is 0 Å². The molecular weight excluding hydrogens is 368 g/mol. The molecule has 2 rings (SSSR count). The summed E-state index contributed by atoms with van der Waals surface area (Å²) >= 11 is 3.39. The summed E-state index contributed by atoms with van der Waals surface area (Å²) in [6, 6.07) is 8.12. The molecular formula is C16H23BrO6. The first-order chi connectivity index (χ1) is 11.0. The molecule has 0 radical (unpaired) electrons. The molecule has 7 heteroatoms. The second-order valence-electron chi connectivity index (χ2n) is 5.65. The summed E-state index contributed by atoms with van der Waals surface area (Å²) in [7, 11) is 0. The van der Waals surface area contributed by atoms with Crippen LogP contribution in [0.15, 0.2) is 28.7 Å². The third-order valence-electron chi connectivity index (χ3n) is 3.90. The Kier molecular flexibility index (Phi) is 7.42. The number of unbranched alkanes of at least 4 members (excludes halogenated alkanes) is 1. The molecule has 0 bridgehead atoms. The molecule has 1 aromatic rings. The highest BCUT2D eigenvalue weighted by Crippen LogP contribution is 2.22. The van der Waals surface area contributed by atoms with Crippen molar-refractivity contribution in [3.8, 4) is 0 Å². The highest BCUT2D eigenvalue weighted by molar-refractivity contribution is 9.10. The van der Waals surface area contributed by atoms with Crippen LogP contribution in [0.1, 0.15) is 18.4 Å². The topological polar surface area (TPSA) is 99.4 Å². The Labute approximate surface area is 143 Å². The number of halogens is 1. The number of rotatable bonds is 7. The molecule has 0 saturated carbocycles. The van der Waals surface area contributed by atoms with E-state index >= 15 is 0 Å². The molecule has 1 aliphatic rings. The maximum Gasteiger partial charge on any atom is 0.186 e. The van der Waals surface area contributed by atoms with E-state index in [1.54, 1.807) is 0 Å². The lowest BCUT2D eigenvalue weighted by Gasteiger charge is -2.39. The minimum atomic E-state index is -1.39. The predicted molar refractivity (Wildman–Crippen MR) is 86.8 cm³/mol. The first-order valence-corrected chi connectivity index (χ1v) is 8.49. The van der Waals surface area contributed by atoms with Crippen molar-refractivity contribution in [2.45, 2.75) is 50.0 Å². The van der Waals surface area contributed by atoms with Gasteiger partial charge in [0, 0.05) is 11.1 Å². The van der Waals surface area contributed by atoms with Crippen LogP contribution < -0.4 is 0 Å². The Bertz CT molecular complexity index is 466. The van der Waals surface area contributed by atoms with Crippen molar-refractivity contribution < 1.29 is 29.9 Å². The van der Waals surface area contributed by atoms with Crippen molar-refractivity contribution >= 4 is 15.9 Å². The van der Waals surface area contributed by atoms with Crippen LogP contribution in [-0.4, -0.2) is 64.3 Å². The standard InChI is InChI=1S/C16H23BrO6/c17-11-6-4-10(5-7-11)3-1-2-8-22-16-15(21)14(20)13(19)12(9-18)23-16/h4-7,12-16,18-21H,1-3,8-9H2/t12-,13-,14+,15-,16-/m1/s1. The fourth-order valence-corrected chi connectivity index (χ4v) is 2.75. The summed E-state index contributed by atoms with van der Waals surface area (Å²) in [4.78, 5) is 0. The number of aryl methyl sites for hydroxylation is 1. The van der Waals surface area contributed by atoms with Crippen molar-refractivity contribution in [2.75, 3.05) is 13.2 Å². The predicted octanol–water partition coefficient (Wildman–Crippen LogP) is 0.588. The Morgan fingerprint density at radius 3 is 2.35 bits per heavy atom. The van der Waals surface area contributed by atoms with Crippen molar-refractivity contribution in [1.29, 1.82) is 0 Å². The zero-order chi connectivity index (χ0) is 16.8. The fourth-order valence-electron chi connectivity index (χ4n) is 2.49. The molecule has 1 heterocycles. The minimum absolute atomic E-state index is 0.360. The average Bonchev–Trinajstić information content (AvgIpc) is 2.56. The molecule has 4 N–H and O–H groups in total. The molecule has 5 atom stereocenters. The quantitative estimate of drug-likeness (QED) is 0.508. The van der Waals surface area contributed by atoms with E-state index < -0.39 is 37.3 Å². The van der Waals surface area contributed by atoms with Gasteiger partial charge in [-0.25, -0.2) is 0 Å². The van der Waals surface area contributed by atoms with Gasteiger partial charge in [-0.15, -0.1) is 0 Å².